The SMILES string of the molecule is CCCCCCCCOC(=O)c1ccc(CCCCCCCC)cc1C(=O)O.c1ccc(Nc2ccccc2)cc1. The molecule has 0 spiro atoms. The molecule has 0 heterocycles. The van der Waals surface area contributed by atoms with Crippen LogP contribution in [0.15, 0.2) is 78.9 Å². The van der Waals surface area contributed by atoms with Gasteiger partial charge in [0, 0.05) is 11.4 Å². The van der Waals surface area contributed by atoms with Crippen molar-refractivity contribution in [3.8, 4) is 0 Å². The first-order chi connectivity index (χ1) is 20.0. The maximum Gasteiger partial charge on any atom is 0.339 e. The Bertz CT molecular complexity index is 1080. The summed E-state index contributed by atoms with van der Waals surface area (Å²) in [6, 6.07) is 25.4. The van der Waals surface area contributed by atoms with E-state index in [4.69, 9.17) is 4.74 Å². The third-order valence-electron chi connectivity index (χ3n) is 6.92. The molecule has 0 aliphatic heterocycles. The zero-order valence-corrected chi connectivity index (χ0v) is 25.1. The summed E-state index contributed by atoms with van der Waals surface area (Å²) >= 11 is 0. The van der Waals surface area contributed by atoms with E-state index in [1.807, 2.05) is 66.7 Å². The summed E-state index contributed by atoms with van der Waals surface area (Å²) < 4.78 is 5.30. The summed E-state index contributed by atoms with van der Waals surface area (Å²) in [5.74, 6) is -1.60. The van der Waals surface area contributed by atoms with Crippen molar-refractivity contribution in [2.75, 3.05) is 11.9 Å². The molecule has 0 unspecified atom stereocenters. The second kappa shape index (κ2) is 21.2. The van der Waals surface area contributed by atoms with Crippen LogP contribution in [-0.2, 0) is 11.2 Å². The summed E-state index contributed by atoms with van der Waals surface area (Å²) in [6.07, 6.45) is 14.7. The van der Waals surface area contributed by atoms with Crippen molar-refractivity contribution in [2.45, 2.75) is 97.3 Å². The monoisotopic (exact) mass is 559 g/mol. The van der Waals surface area contributed by atoms with E-state index >= 15 is 0 Å². The minimum Gasteiger partial charge on any atom is -0.478 e. The van der Waals surface area contributed by atoms with Crippen LogP contribution in [0.25, 0.3) is 0 Å². The van der Waals surface area contributed by atoms with E-state index in [0.717, 1.165) is 55.5 Å². The number of para-hydroxylation sites is 2. The molecule has 0 saturated heterocycles. The van der Waals surface area contributed by atoms with E-state index in [9.17, 15) is 14.7 Å². The van der Waals surface area contributed by atoms with E-state index in [1.54, 1.807) is 12.1 Å². The molecule has 5 nitrogen and oxygen atoms in total. The van der Waals surface area contributed by atoms with E-state index in [1.165, 1.54) is 44.9 Å². The average molecular weight is 560 g/mol. The number of nitrogens with one attached hydrogen (secondary N) is 1. The number of aromatic carboxylic acids is 1. The van der Waals surface area contributed by atoms with Crippen molar-refractivity contribution in [3.63, 3.8) is 0 Å². The Kier molecular flexibility index (Phi) is 17.4. The van der Waals surface area contributed by atoms with Gasteiger partial charge in [-0.3, -0.25) is 0 Å². The lowest BCUT2D eigenvalue weighted by atomic mass is 9.99. The highest BCUT2D eigenvalue weighted by Crippen LogP contribution is 2.18. The number of carboxylic acids is 1. The van der Waals surface area contributed by atoms with Gasteiger partial charge in [-0.15, -0.1) is 0 Å². The number of hydrogen-bond acceptors (Lipinski definition) is 4. The van der Waals surface area contributed by atoms with Crippen LogP contribution in [0.3, 0.4) is 0 Å². The van der Waals surface area contributed by atoms with Gasteiger partial charge in [-0.1, -0.05) is 121 Å². The number of hydrogen-bond donors (Lipinski definition) is 2. The van der Waals surface area contributed by atoms with E-state index in [2.05, 4.69) is 19.2 Å². The van der Waals surface area contributed by atoms with Crippen LogP contribution in [0.1, 0.15) is 117 Å². The molecular formula is C36H49NO4. The van der Waals surface area contributed by atoms with Gasteiger partial charge in [0.05, 0.1) is 17.7 Å². The molecule has 0 aliphatic carbocycles. The predicted molar refractivity (Wildman–Crippen MR) is 170 cm³/mol. The Labute approximate surface area is 247 Å². The third kappa shape index (κ3) is 14.6. The quantitative estimate of drug-likeness (QED) is 0.120. The van der Waals surface area contributed by atoms with Gasteiger partial charge < -0.3 is 15.2 Å². The Morgan fingerprint density at radius 3 is 1.68 bits per heavy atom. The summed E-state index contributed by atoms with van der Waals surface area (Å²) in [5, 5.41) is 12.8. The molecule has 0 atom stereocenters. The number of esters is 1. The molecule has 0 amide bonds. The minimum atomic E-state index is -1.07. The molecule has 5 heteroatoms. The maximum atomic E-state index is 12.3. The van der Waals surface area contributed by atoms with Crippen molar-refractivity contribution in [3.05, 3.63) is 95.6 Å². The number of benzene rings is 3. The van der Waals surface area contributed by atoms with Crippen molar-refractivity contribution in [1.82, 2.24) is 0 Å². The molecule has 0 saturated carbocycles. The van der Waals surface area contributed by atoms with Gasteiger partial charge in [-0.2, -0.15) is 0 Å². The fourth-order valence-corrected chi connectivity index (χ4v) is 4.55. The molecule has 3 aromatic carbocycles. The molecule has 2 N–H and O–H groups in total. The molecular weight excluding hydrogens is 510 g/mol. The summed E-state index contributed by atoms with van der Waals surface area (Å²) in [7, 11) is 0. The molecule has 3 aromatic rings. The average Bonchev–Trinajstić information content (AvgIpc) is 2.99. The molecule has 222 valence electrons. The number of unbranched alkanes of at least 4 members (excludes halogenated alkanes) is 10. The Morgan fingerprint density at radius 2 is 1.15 bits per heavy atom. The van der Waals surface area contributed by atoms with Crippen molar-refractivity contribution < 1.29 is 19.4 Å². The lowest BCUT2D eigenvalue weighted by Crippen LogP contribution is -2.13. The van der Waals surface area contributed by atoms with Crippen LogP contribution in [0.4, 0.5) is 11.4 Å². The number of carbonyl (C=O) groups is 2. The minimum absolute atomic E-state index is 0.0522. The smallest absolute Gasteiger partial charge is 0.339 e. The van der Waals surface area contributed by atoms with Crippen molar-refractivity contribution in [1.29, 1.82) is 0 Å². The summed E-state index contributed by atoms with van der Waals surface area (Å²) in [4.78, 5) is 23.9. The first-order valence-corrected chi connectivity index (χ1v) is 15.5. The highest BCUT2D eigenvalue weighted by molar-refractivity contribution is 6.02. The van der Waals surface area contributed by atoms with Crippen molar-refractivity contribution >= 4 is 23.3 Å². The molecule has 0 fully saturated rings. The first kappa shape index (κ1) is 33.6. The van der Waals surface area contributed by atoms with Gasteiger partial charge in [-0.05, 0) is 61.2 Å². The fraction of sp³-hybridized carbons (Fsp3) is 0.444. The number of carbonyl (C=O) groups excluding carboxylic acids is 1. The normalized spacial score (nSPS) is 10.4. The number of ether oxygens (including phenoxy) is 1. The van der Waals surface area contributed by atoms with E-state index in [0.29, 0.717) is 6.61 Å². The molecule has 0 bridgehead atoms. The van der Waals surface area contributed by atoms with E-state index in [-0.39, 0.29) is 11.1 Å². The maximum absolute atomic E-state index is 12.3. The largest absolute Gasteiger partial charge is 0.478 e. The molecule has 0 aromatic heterocycles. The second-order valence-corrected chi connectivity index (χ2v) is 10.5. The van der Waals surface area contributed by atoms with Crippen LogP contribution in [-0.4, -0.2) is 23.7 Å². The van der Waals surface area contributed by atoms with Gasteiger partial charge in [0.1, 0.15) is 0 Å². The lowest BCUT2D eigenvalue weighted by Gasteiger charge is -2.10. The highest BCUT2D eigenvalue weighted by Gasteiger charge is 2.18. The summed E-state index contributed by atoms with van der Waals surface area (Å²) in [5.41, 5.74) is 3.42. The van der Waals surface area contributed by atoms with Crippen LogP contribution in [0.5, 0.6) is 0 Å². The van der Waals surface area contributed by atoms with E-state index < -0.39 is 11.9 Å². The van der Waals surface area contributed by atoms with Crippen LogP contribution in [0.2, 0.25) is 0 Å². The van der Waals surface area contributed by atoms with Gasteiger partial charge in [0.25, 0.3) is 0 Å². The number of rotatable bonds is 18. The standard InChI is InChI=1S/C24H38O4.C12H11N/c1-3-5-7-9-11-13-15-20-16-17-21(22(19-20)23(25)26)24(27)28-18-14-12-10-8-6-4-2;1-3-7-11(8-4-1)13-12-9-5-2-6-10-12/h16-17,19H,3-15,18H2,1-2H3,(H,25,26);1-10,13H. The number of anilines is 2. The third-order valence-corrected chi connectivity index (χ3v) is 6.92. The summed E-state index contributed by atoms with van der Waals surface area (Å²) in [6.45, 7) is 4.73. The van der Waals surface area contributed by atoms with Gasteiger partial charge in [-0.25, -0.2) is 9.59 Å². The predicted octanol–water partition coefficient (Wildman–Crippen LogP) is 10.2. The first-order valence-electron chi connectivity index (χ1n) is 15.5. The number of aryl methyl sites for hydroxylation is 1. The Hall–Kier alpha value is -3.60. The van der Waals surface area contributed by atoms with Gasteiger partial charge >= 0.3 is 11.9 Å². The van der Waals surface area contributed by atoms with Gasteiger partial charge in [0.2, 0.25) is 0 Å². The lowest BCUT2D eigenvalue weighted by molar-refractivity contribution is 0.0487. The number of carboxylic acid groups (broad SMARTS) is 1. The second-order valence-electron chi connectivity index (χ2n) is 10.5. The van der Waals surface area contributed by atoms with Crippen LogP contribution >= 0.6 is 0 Å². The topological polar surface area (TPSA) is 75.6 Å². The highest BCUT2D eigenvalue weighted by atomic mass is 16.5. The molecule has 3 rings (SSSR count). The Morgan fingerprint density at radius 1 is 0.634 bits per heavy atom. The van der Waals surface area contributed by atoms with Crippen molar-refractivity contribution in [2.24, 2.45) is 0 Å². The molecule has 0 aliphatic rings. The zero-order valence-electron chi connectivity index (χ0n) is 25.1. The van der Waals surface area contributed by atoms with Crippen LogP contribution < -0.4 is 5.32 Å². The fourth-order valence-electron chi connectivity index (χ4n) is 4.55. The Balaban J connectivity index is 0.000000372. The van der Waals surface area contributed by atoms with Crippen LogP contribution in [0, 0.1) is 0 Å². The van der Waals surface area contributed by atoms with Gasteiger partial charge in [0.15, 0.2) is 0 Å². The zero-order chi connectivity index (χ0) is 29.5. The molecule has 41 heavy (non-hydrogen) atoms. The molecule has 0 radical (unpaired) electrons.